The zero-order valence-corrected chi connectivity index (χ0v) is 18.2. The molecule has 0 saturated heterocycles. The molecule has 2 aromatic rings. The topological polar surface area (TPSA) is 72.6 Å². The van der Waals surface area contributed by atoms with Crippen LogP contribution in [0.2, 0.25) is 0 Å². The van der Waals surface area contributed by atoms with Gasteiger partial charge >= 0.3 is 5.97 Å². The summed E-state index contributed by atoms with van der Waals surface area (Å²) >= 11 is 0. The number of rotatable bonds is 6. The first kappa shape index (κ1) is 21.6. The SMILES string of the molecule is CC(N)(CCC(=O)O)c1ccc2cc(OC3CCC(C(C)(C)C)CC3)ccc2c1. The normalized spacial score (nSPS) is 22.2. The Balaban J connectivity index is 1.67. The van der Waals surface area contributed by atoms with Gasteiger partial charge in [-0.15, -0.1) is 0 Å². The third-order valence-electron chi connectivity index (χ3n) is 6.53. The molecule has 1 aliphatic rings. The third-order valence-corrected chi connectivity index (χ3v) is 6.53. The van der Waals surface area contributed by atoms with Crippen LogP contribution >= 0.6 is 0 Å². The predicted octanol–water partition coefficient (Wildman–Crippen LogP) is 5.86. The highest BCUT2D eigenvalue weighted by Gasteiger charge is 2.30. The minimum absolute atomic E-state index is 0.0648. The zero-order chi connectivity index (χ0) is 21.2. The molecule has 0 spiro atoms. The molecule has 29 heavy (non-hydrogen) atoms. The Labute approximate surface area is 174 Å². The first-order valence-electron chi connectivity index (χ1n) is 10.8. The fourth-order valence-corrected chi connectivity index (χ4v) is 4.40. The summed E-state index contributed by atoms with van der Waals surface area (Å²) in [5.41, 5.74) is 7.07. The van der Waals surface area contributed by atoms with Crippen molar-refractivity contribution in [3.8, 4) is 5.75 Å². The van der Waals surface area contributed by atoms with Gasteiger partial charge in [-0.1, -0.05) is 39.0 Å². The average Bonchev–Trinajstić information content (AvgIpc) is 2.66. The molecule has 0 radical (unpaired) electrons. The van der Waals surface area contributed by atoms with Crippen LogP contribution in [-0.4, -0.2) is 17.2 Å². The molecule has 1 fully saturated rings. The third kappa shape index (κ3) is 5.51. The number of carbonyl (C=O) groups is 1. The Morgan fingerprint density at radius 1 is 1.03 bits per heavy atom. The number of carboxylic acids is 1. The maximum Gasteiger partial charge on any atom is 0.303 e. The van der Waals surface area contributed by atoms with Crippen molar-refractivity contribution in [3.63, 3.8) is 0 Å². The molecule has 3 N–H and O–H groups in total. The molecule has 0 aromatic heterocycles. The molecule has 0 amide bonds. The summed E-state index contributed by atoms with van der Waals surface area (Å²) in [4.78, 5) is 10.9. The summed E-state index contributed by atoms with van der Waals surface area (Å²) in [7, 11) is 0. The van der Waals surface area contributed by atoms with E-state index in [1.54, 1.807) is 0 Å². The van der Waals surface area contributed by atoms with Gasteiger partial charge in [-0.25, -0.2) is 0 Å². The van der Waals surface area contributed by atoms with Crippen molar-refractivity contribution < 1.29 is 14.6 Å². The number of hydrogen-bond acceptors (Lipinski definition) is 3. The van der Waals surface area contributed by atoms with Crippen molar-refractivity contribution in [1.29, 1.82) is 0 Å². The van der Waals surface area contributed by atoms with Crippen LogP contribution in [0.4, 0.5) is 0 Å². The lowest BCUT2D eigenvalue weighted by Gasteiger charge is -2.37. The van der Waals surface area contributed by atoms with Crippen LogP contribution in [0.15, 0.2) is 36.4 Å². The standard InChI is InChI=1S/C25H35NO3/c1-24(2,3)19-8-11-21(12-9-19)29-22-10-6-17-15-20(7-5-18(17)16-22)25(4,26)14-13-23(27)28/h5-7,10,15-16,19,21H,8-9,11-14,26H2,1-4H3,(H,27,28). The summed E-state index contributed by atoms with van der Waals surface area (Å²) in [5, 5.41) is 11.2. The zero-order valence-electron chi connectivity index (χ0n) is 18.2. The minimum atomic E-state index is -0.819. The van der Waals surface area contributed by atoms with Gasteiger partial charge < -0.3 is 15.6 Å². The van der Waals surface area contributed by atoms with Crippen LogP contribution in [0.5, 0.6) is 5.75 Å². The van der Waals surface area contributed by atoms with Crippen LogP contribution in [-0.2, 0) is 10.3 Å². The number of hydrogen-bond donors (Lipinski definition) is 2. The van der Waals surface area contributed by atoms with Crippen molar-refractivity contribution in [2.45, 2.75) is 77.9 Å². The van der Waals surface area contributed by atoms with E-state index in [0.29, 0.717) is 17.9 Å². The van der Waals surface area contributed by atoms with Gasteiger partial charge in [0.05, 0.1) is 6.10 Å². The number of benzene rings is 2. The largest absolute Gasteiger partial charge is 0.490 e. The number of fused-ring (bicyclic) bond motifs is 1. The second-order valence-electron chi connectivity index (χ2n) is 9.99. The van der Waals surface area contributed by atoms with E-state index in [-0.39, 0.29) is 6.42 Å². The van der Waals surface area contributed by atoms with E-state index in [1.165, 1.54) is 12.8 Å². The van der Waals surface area contributed by atoms with E-state index < -0.39 is 11.5 Å². The fraction of sp³-hybridized carbons (Fsp3) is 0.560. The Kier molecular flexibility index (Phi) is 6.23. The molecular formula is C25H35NO3. The molecule has 2 aromatic carbocycles. The molecule has 1 saturated carbocycles. The van der Waals surface area contributed by atoms with Crippen molar-refractivity contribution in [1.82, 2.24) is 0 Å². The molecule has 1 atom stereocenters. The van der Waals surface area contributed by atoms with E-state index in [0.717, 1.165) is 40.8 Å². The summed E-state index contributed by atoms with van der Waals surface area (Å²) in [6.07, 6.45) is 5.48. The Morgan fingerprint density at radius 3 is 2.28 bits per heavy atom. The Morgan fingerprint density at radius 2 is 1.66 bits per heavy atom. The molecule has 0 aliphatic heterocycles. The summed E-state index contributed by atoms with van der Waals surface area (Å²) < 4.78 is 6.30. The van der Waals surface area contributed by atoms with Crippen LogP contribution in [0.1, 0.15) is 71.8 Å². The number of ether oxygens (including phenoxy) is 1. The minimum Gasteiger partial charge on any atom is -0.490 e. The molecular weight excluding hydrogens is 362 g/mol. The summed E-state index contributed by atoms with van der Waals surface area (Å²) in [6.45, 7) is 8.90. The molecule has 4 heteroatoms. The lowest BCUT2D eigenvalue weighted by molar-refractivity contribution is -0.137. The van der Waals surface area contributed by atoms with Gasteiger partial charge in [0.1, 0.15) is 5.75 Å². The molecule has 0 heterocycles. The van der Waals surface area contributed by atoms with Gasteiger partial charge in [0.2, 0.25) is 0 Å². The maximum absolute atomic E-state index is 10.9. The lowest BCUT2D eigenvalue weighted by atomic mass is 9.72. The van der Waals surface area contributed by atoms with Crippen LogP contribution in [0.25, 0.3) is 10.8 Å². The van der Waals surface area contributed by atoms with Gasteiger partial charge in [-0.2, -0.15) is 0 Å². The molecule has 0 bridgehead atoms. The molecule has 1 unspecified atom stereocenters. The molecule has 158 valence electrons. The van der Waals surface area contributed by atoms with Gasteiger partial charge in [-0.3, -0.25) is 4.79 Å². The van der Waals surface area contributed by atoms with Gasteiger partial charge in [-0.05, 0) is 84.9 Å². The van der Waals surface area contributed by atoms with E-state index in [9.17, 15) is 4.79 Å². The van der Waals surface area contributed by atoms with Crippen LogP contribution < -0.4 is 10.5 Å². The predicted molar refractivity (Wildman–Crippen MR) is 118 cm³/mol. The quantitative estimate of drug-likeness (QED) is 0.640. The van der Waals surface area contributed by atoms with Crippen molar-refractivity contribution in [3.05, 3.63) is 42.0 Å². The monoisotopic (exact) mass is 397 g/mol. The van der Waals surface area contributed by atoms with Gasteiger partial charge in [0, 0.05) is 12.0 Å². The van der Waals surface area contributed by atoms with Gasteiger partial charge in [0.25, 0.3) is 0 Å². The number of nitrogens with two attached hydrogens (primary N) is 1. The summed E-state index contributed by atoms with van der Waals surface area (Å²) in [5.74, 6) is 0.885. The number of carboxylic acid groups (broad SMARTS) is 1. The van der Waals surface area contributed by atoms with E-state index in [2.05, 4.69) is 45.0 Å². The maximum atomic E-state index is 10.9. The first-order valence-corrected chi connectivity index (χ1v) is 10.8. The second kappa shape index (κ2) is 8.35. The average molecular weight is 398 g/mol. The molecule has 1 aliphatic carbocycles. The van der Waals surface area contributed by atoms with Crippen molar-refractivity contribution in [2.75, 3.05) is 0 Å². The van der Waals surface area contributed by atoms with E-state index in [4.69, 9.17) is 15.6 Å². The van der Waals surface area contributed by atoms with Gasteiger partial charge in [0.15, 0.2) is 0 Å². The molecule has 3 rings (SSSR count). The van der Waals surface area contributed by atoms with Crippen LogP contribution in [0, 0.1) is 11.3 Å². The highest BCUT2D eigenvalue weighted by Crippen LogP contribution is 2.39. The first-order chi connectivity index (χ1) is 13.5. The Hall–Kier alpha value is -2.07. The van der Waals surface area contributed by atoms with E-state index >= 15 is 0 Å². The fourth-order valence-electron chi connectivity index (χ4n) is 4.40. The molecule has 4 nitrogen and oxygen atoms in total. The second-order valence-corrected chi connectivity index (χ2v) is 9.99. The number of aliphatic carboxylic acids is 1. The van der Waals surface area contributed by atoms with Crippen LogP contribution in [0.3, 0.4) is 0 Å². The highest BCUT2D eigenvalue weighted by molar-refractivity contribution is 5.84. The van der Waals surface area contributed by atoms with Crippen molar-refractivity contribution in [2.24, 2.45) is 17.1 Å². The summed E-state index contributed by atoms with van der Waals surface area (Å²) in [6, 6.07) is 12.3. The lowest BCUT2D eigenvalue weighted by Crippen LogP contribution is -2.33. The highest BCUT2D eigenvalue weighted by atomic mass is 16.5. The van der Waals surface area contributed by atoms with Crippen molar-refractivity contribution >= 4 is 16.7 Å². The Bertz CT molecular complexity index is 858. The smallest absolute Gasteiger partial charge is 0.303 e. The van der Waals surface area contributed by atoms with E-state index in [1.807, 2.05) is 19.1 Å².